The molecule has 0 bridgehead atoms. The molecular formula is C11H15NO4. The summed E-state index contributed by atoms with van der Waals surface area (Å²) in [6.45, 7) is 4.66. The molecule has 0 unspecified atom stereocenters. The van der Waals surface area contributed by atoms with Crippen LogP contribution in [0.3, 0.4) is 0 Å². The van der Waals surface area contributed by atoms with Crippen LogP contribution < -0.4 is 5.32 Å². The average molecular weight is 225 g/mol. The molecule has 0 spiro atoms. The van der Waals surface area contributed by atoms with Gasteiger partial charge in [-0.15, -0.1) is 0 Å². The first-order valence-corrected chi connectivity index (χ1v) is 5.39. The molecule has 0 atom stereocenters. The first kappa shape index (κ1) is 11.1. The van der Waals surface area contributed by atoms with Gasteiger partial charge in [0.2, 0.25) is 0 Å². The smallest absolute Gasteiger partial charge is 0.348 e. The molecule has 0 aromatic carbocycles. The van der Waals surface area contributed by atoms with Crippen LogP contribution in [0, 0.1) is 0 Å². The molecule has 88 valence electrons. The van der Waals surface area contributed by atoms with Gasteiger partial charge in [-0.1, -0.05) is 0 Å². The van der Waals surface area contributed by atoms with Gasteiger partial charge in [0.1, 0.15) is 5.57 Å². The molecule has 0 radical (unpaired) electrons. The van der Waals surface area contributed by atoms with Crippen molar-refractivity contribution < 1.29 is 19.1 Å². The summed E-state index contributed by atoms with van der Waals surface area (Å²) in [5.41, 5.74) is 0.935. The standard InChI is InChI=1S/C11H15NO4/c1-11(2)15-9(13)8(10(14)16-11)7-3-5-12-6-4-7/h12H,3-6H2,1-2H3. The first-order valence-electron chi connectivity index (χ1n) is 5.39. The zero-order chi connectivity index (χ0) is 11.8. The van der Waals surface area contributed by atoms with Gasteiger partial charge in [-0.05, 0) is 31.5 Å². The van der Waals surface area contributed by atoms with Gasteiger partial charge in [-0.3, -0.25) is 0 Å². The summed E-state index contributed by atoms with van der Waals surface area (Å²) < 4.78 is 10.1. The maximum Gasteiger partial charge on any atom is 0.348 e. The summed E-state index contributed by atoms with van der Waals surface area (Å²) in [6, 6.07) is 0. The molecule has 0 amide bonds. The van der Waals surface area contributed by atoms with E-state index in [1.807, 2.05) is 0 Å². The zero-order valence-electron chi connectivity index (χ0n) is 9.46. The molecule has 5 nitrogen and oxygen atoms in total. The Morgan fingerprint density at radius 3 is 2.06 bits per heavy atom. The van der Waals surface area contributed by atoms with Gasteiger partial charge >= 0.3 is 11.9 Å². The molecule has 2 fully saturated rings. The second-order valence-corrected chi connectivity index (χ2v) is 4.41. The first-order chi connectivity index (χ1) is 7.49. The van der Waals surface area contributed by atoms with Crippen molar-refractivity contribution in [2.24, 2.45) is 0 Å². The fourth-order valence-corrected chi connectivity index (χ4v) is 1.92. The second kappa shape index (κ2) is 3.90. The SMILES string of the molecule is CC1(C)OC(=O)C(=C2CCNCC2)C(=O)O1. The lowest BCUT2D eigenvalue weighted by molar-refractivity contribution is -0.222. The third kappa shape index (κ3) is 2.09. The van der Waals surface area contributed by atoms with Crippen LogP contribution in [0.4, 0.5) is 0 Å². The molecule has 16 heavy (non-hydrogen) atoms. The van der Waals surface area contributed by atoms with Crippen LogP contribution in [-0.4, -0.2) is 30.8 Å². The van der Waals surface area contributed by atoms with Crippen LogP contribution in [0.2, 0.25) is 0 Å². The molecule has 0 saturated carbocycles. The number of cyclic esters (lactones) is 2. The number of carbonyl (C=O) groups is 2. The predicted molar refractivity (Wildman–Crippen MR) is 55.4 cm³/mol. The minimum atomic E-state index is -1.15. The highest BCUT2D eigenvalue weighted by Gasteiger charge is 2.40. The Morgan fingerprint density at radius 1 is 1.06 bits per heavy atom. The lowest BCUT2D eigenvalue weighted by Gasteiger charge is -2.31. The average Bonchev–Trinajstić information content (AvgIpc) is 2.16. The normalized spacial score (nSPS) is 25.1. The van der Waals surface area contributed by atoms with Crippen molar-refractivity contribution >= 4 is 11.9 Å². The molecule has 2 aliphatic rings. The van der Waals surface area contributed by atoms with E-state index in [-0.39, 0.29) is 5.57 Å². The van der Waals surface area contributed by atoms with Crippen molar-refractivity contribution in [1.82, 2.24) is 5.32 Å². The van der Waals surface area contributed by atoms with Crippen molar-refractivity contribution in [3.8, 4) is 0 Å². The summed E-state index contributed by atoms with van der Waals surface area (Å²) in [5.74, 6) is -2.26. The minimum absolute atomic E-state index is 0.0980. The highest BCUT2D eigenvalue weighted by Crippen LogP contribution is 2.27. The minimum Gasteiger partial charge on any atom is -0.419 e. The third-order valence-electron chi connectivity index (χ3n) is 2.65. The van der Waals surface area contributed by atoms with Gasteiger partial charge in [0, 0.05) is 13.8 Å². The number of piperidine rings is 1. The van der Waals surface area contributed by atoms with Gasteiger partial charge in [0.05, 0.1) is 0 Å². The zero-order valence-corrected chi connectivity index (χ0v) is 9.46. The quantitative estimate of drug-likeness (QED) is 0.369. The Labute approximate surface area is 93.8 Å². The van der Waals surface area contributed by atoms with Crippen molar-refractivity contribution in [3.63, 3.8) is 0 Å². The molecule has 2 saturated heterocycles. The van der Waals surface area contributed by atoms with E-state index in [2.05, 4.69) is 5.32 Å². The summed E-state index contributed by atoms with van der Waals surface area (Å²) in [7, 11) is 0. The Balaban J connectivity index is 2.28. The van der Waals surface area contributed by atoms with E-state index >= 15 is 0 Å². The van der Waals surface area contributed by atoms with E-state index in [1.54, 1.807) is 13.8 Å². The summed E-state index contributed by atoms with van der Waals surface area (Å²) in [4.78, 5) is 23.4. The van der Waals surface area contributed by atoms with E-state index in [1.165, 1.54) is 0 Å². The van der Waals surface area contributed by atoms with E-state index in [4.69, 9.17) is 9.47 Å². The number of esters is 2. The van der Waals surface area contributed by atoms with Crippen molar-refractivity contribution in [3.05, 3.63) is 11.1 Å². The fraction of sp³-hybridized carbons (Fsp3) is 0.636. The lowest BCUT2D eigenvalue weighted by Crippen LogP contribution is -2.43. The number of nitrogens with one attached hydrogen (secondary N) is 1. The maximum atomic E-state index is 11.7. The van der Waals surface area contributed by atoms with Crippen LogP contribution >= 0.6 is 0 Å². The molecule has 0 aromatic heterocycles. The van der Waals surface area contributed by atoms with Crippen LogP contribution in [0.5, 0.6) is 0 Å². The third-order valence-corrected chi connectivity index (χ3v) is 2.65. The molecule has 2 aliphatic heterocycles. The van der Waals surface area contributed by atoms with Crippen LogP contribution in [0.1, 0.15) is 26.7 Å². The highest BCUT2D eigenvalue weighted by molar-refractivity contribution is 6.16. The van der Waals surface area contributed by atoms with Crippen LogP contribution in [-0.2, 0) is 19.1 Å². The molecule has 5 heteroatoms. The molecule has 0 aromatic rings. The molecule has 2 rings (SSSR count). The monoisotopic (exact) mass is 225 g/mol. The van der Waals surface area contributed by atoms with Crippen molar-refractivity contribution in [1.29, 1.82) is 0 Å². The Kier molecular flexibility index (Phi) is 2.71. The van der Waals surface area contributed by atoms with E-state index in [0.29, 0.717) is 12.8 Å². The number of hydrogen-bond donors (Lipinski definition) is 1. The molecular weight excluding hydrogens is 210 g/mol. The summed E-state index contributed by atoms with van der Waals surface area (Å²) in [6.07, 6.45) is 1.39. The Hall–Kier alpha value is -1.36. The number of carbonyl (C=O) groups excluding carboxylic acids is 2. The molecule has 2 heterocycles. The maximum absolute atomic E-state index is 11.7. The number of hydrogen-bond acceptors (Lipinski definition) is 5. The Morgan fingerprint density at radius 2 is 1.56 bits per heavy atom. The van der Waals surface area contributed by atoms with E-state index < -0.39 is 17.7 Å². The lowest BCUT2D eigenvalue weighted by atomic mass is 9.98. The van der Waals surface area contributed by atoms with Gasteiger partial charge in [-0.2, -0.15) is 0 Å². The van der Waals surface area contributed by atoms with E-state index in [0.717, 1.165) is 18.7 Å². The van der Waals surface area contributed by atoms with Crippen molar-refractivity contribution in [2.45, 2.75) is 32.5 Å². The van der Waals surface area contributed by atoms with Gasteiger partial charge < -0.3 is 14.8 Å². The summed E-state index contributed by atoms with van der Waals surface area (Å²) in [5, 5.41) is 3.16. The van der Waals surface area contributed by atoms with Crippen LogP contribution in [0.15, 0.2) is 11.1 Å². The molecule has 0 aliphatic carbocycles. The van der Waals surface area contributed by atoms with Gasteiger partial charge in [-0.25, -0.2) is 9.59 Å². The highest BCUT2D eigenvalue weighted by atomic mass is 16.7. The topological polar surface area (TPSA) is 64.6 Å². The summed E-state index contributed by atoms with van der Waals surface area (Å²) >= 11 is 0. The molecule has 1 N–H and O–H groups in total. The number of rotatable bonds is 0. The Bertz CT molecular complexity index is 340. The van der Waals surface area contributed by atoms with E-state index in [9.17, 15) is 9.59 Å². The van der Waals surface area contributed by atoms with Crippen LogP contribution in [0.25, 0.3) is 0 Å². The number of ether oxygens (including phenoxy) is 2. The van der Waals surface area contributed by atoms with Crippen molar-refractivity contribution in [2.75, 3.05) is 13.1 Å². The second-order valence-electron chi connectivity index (χ2n) is 4.41. The fourth-order valence-electron chi connectivity index (χ4n) is 1.92. The predicted octanol–water partition coefficient (Wildman–Crippen LogP) is 0.502. The largest absolute Gasteiger partial charge is 0.419 e. The van der Waals surface area contributed by atoms with Gasteiger partial charge in [0.15, 0.2) is 0 Å². The van der Waals surface area contributed by atoms with Gasteiger partial charge in [0.25, 0.3) is 5.79 Å².